The van der Waals surface area contributed by atoms with E-state index in [0.717, 1.165) is 30.5 Å². The summed E-state index contributed by atoms with van der Waals surface area (Å²) in [5, 5.41) is 7.75. The van der Waals surface area contributed by atoms with E-state index in [2.05, 4.69) is 15.6 Å². The van der Waals surface area contributed by atoms with E-state index in [1.165, 1.54) is 6.07 Å². The number of hydrogen-bond acceptors (Lipinski definition) is 4. The van der Waals surface area contributed by atoms with Crippen LogP contribution in [0.5, 0.6) is 0 Å². The number of anilines is 1. The molecule has 2 aromatic carbocycles. The number of nitrogens with two attached hydrogens (primary N) is 1. The highest BCUT2D eigenvalue weighted by Gasteiger charge is 2.21. The molecule has 1 saturated heterocycles. The summed E-state index contributed by atoms with van der Waals surface area (Å²) >= 11 is 0. The summed E-state index contributed by atoms with van der Waals surface area (Å²) in [5.74, 6) is -0.159. The molecule has 4 N–H and O–H groups in total. The molecule has 0 saturated carbocycles. The van der Waals surface area contributed by atoms with Crippen LogP contribution in [0.1, 0.15) is 22.3 Å². The Morgan fingerprint density at radius 2 is 2.19 bits per heavy atom. The Hall–Kier alpha value is -2.99. The van der Waals surface area contributed by atoms with Crippen molar-refractivity contribution in [3.63, 3.8) is 0 Å². The second kappa shape index (κ2) is 6.96. The van der Waals surface area contributed by atoms with Crippen molar-refractivity contribution in [3.05, 3.63) is 59.5 Å². The Kier molecular flexibility index (Phi) is 4.49. The summed E-state index contributed by atoms with van der Waals surface area (Å²) < 4.78 is 14.5. The summed E-state index contributed by atoms with van der Waals surface area (Å²) in [6, 6.07) is 10.3. The number of fused-ring (bicyclic) bond motifs is 1. The number of carbonyl (C=O) groups is 1. The van der Waals surface area contributed by atoms with Crippen molar-refractivity contribution in [1.82, 2.24) is 15.6 Å². The predicted molar refractivity (Wildman–Crippen MR) is 105 cm³/mol. The van der Waals surface area contributed by atoms with E-state index in [1.54, 1.807) is 24.4 Å². The van der Waals surface area contributed by atoms with E-state index < -0.39 is 0 Å². The maximum atomic E-state index is 14.5. The minimum absolute atomic E-state index is 0.0885. The molecule has 1 fully saturated rings. The number of nitrogens with one attached hydrogen (secondary N) is 2. The smallest absolute Gasteiger partial charge is 0.252 e. The minimum Gasteiger partial charge on any atom is -0.384 e. The SMILES string of the molecule is Cc1cccc(F)c1-c1cc(C(=O)N[C@@H]2CCNC2)c2cc(N)ncc2c1. The van der Waals surface area contributed by atoms with Gasteiger partial charge in [0.25, 0.3) is 5.91 Å². The first-order chi connectivity index (χ1) is 13.0. The fraction of sp³-hybridized carbons (Fsp3) is 0.238. The number of aryl methyl sites for hydroxylation is 1. The van der Waals surface area contributed by atoms with Crippen LogP contribution in [0.4, 0.5) is 10.2 Å². The number of nitrogens with zero attached hydrogens (tertiary/aromatic N) is 1. The van der Waals surface area contributed by atoms with E-state index in [9.17, 15) is 9.18 Å². The van der Waals surface area contributed by atoms with Crippen molar-refractivity contribution >= 4 is 22.5 Å². The van der Waals surface area contributed by atoms with Gasteiger partial charge in [-0.1, -0.05) is 12.1 Å². The Labute approximate surface area is 156 Å². The molecule has 0 radical (unpaired) electrons. The summed E-state index contributed by atoms with van der Waals surface area (Å²) in [4.78, 5) is 17.1. The molecule has 3 aromatic rings. The molecule has 0 spiro atoms. The highest BCUT2D eigenvalue weighted by Crippen LogP contribution is 2.32. The third-order valence-corrected chi connectivity index (χ3v) is 5.01. The topological polar surface area (TPSA) is 80.0 Å². The quantitative estimate of drug-likeness (QED) is 0.667. The van der Waals surface area contributed by atoms with Crippen LogP contribution >= 0.6 is 0 Å². The Morgan fingerprint density at radius 1 is 1.33 bits per heavy atom. The molecule has 138 valence electrons. The van der Waals surface area contributed by atoms with Gasteiger partial charge in [-0.15, -0.1) is 0 Å². The third-order valence-electron chi connectivity index (χ3n) is 5.01. The van der Waals surface area contributed by atoms with Gasteiger partial charge in [0.2, 0.25) is 0 Å². The molecule has 1 aliphatic rings. The molecule has 0 unspecified atom stereocenters. The van der Waals surface area contributed by atoms with Crippen molar-refractivity contribution in [2.75, 3.05) is 18.8 Å². The molecular weight excluding hydrogens is 343 g/mol. The van der Waals surface area contributed by atoms with Crippen LogP contribution in [-0.2, 0) is 0 Å². The van der Waals surface area contributed by atoms with E-state index in [0.29, 0.717) is 27.9 Å². The minimum atomic E-state index is -0.316. The van der Waals surface area contributed by atoms with Crippen molar-refractivity contribution in [2.45, 2.75) is 19.4 Å². The van der Waals surface area contributed by atoms with Crippen LogP contribution in [0.15, 0.2) is 42.6 Å². The van der Waals surface area contributed by atoms with Crippen LogP contribution in [-0.4, -0.2) is 30.0 Å². The van der Waals surface area contributed by atoms with Crippen molar-refractivity contribution < 1.29 is 9.18 Å². The van der Waals surface area contributed by atoms with Gasteiger partial charge in [0.15, 0.2) is 0 Å². The number of hydrogen-bond donors (Lipinski definition) is 3. The van der Waals surface area contributed by atoms with Crippen LogP contribution in [0, 0.1) is 12.7 Å². The zero-order valence-corrected chi connectivity index (χ0v) is 15.1. The van der Waals surface area contributed by atoms with E-state index in [4.69, 9.17) is 5.73 Å². The lowest BCUT2D eigenvalue weighted by atomic mass is 9.94. The Morgan fingerprint density at radius 3 is 2.93 bits per heavy atom. The number of aromatic nitrogens is 1. The van der Waals surface area contributed by atoms with Crippen LogP contribution in [0.2, 0.25) is 0 Å². The third kappa shape index (κ3) is 3.36. The molecule has 5 nitrogen and oxygen atoms in total. The first-order valence-corrected chi connectivity index (χ1v) is 8.99. The number of nitrogen functional groups attached to an aromatic ring is 1. The lowest BCUT2D eigenvalue weighted by Gasteiger charge is -2.15. The lowest BCUT2D eigenvalue weighted by molar-refractivity contribution is 0.0942. The van der Waals surface area contributed by atoms with Gasteiger partial charge in [-0.2, -0.15) is 0 Å². The molecule has 1 atom stereocenters. The van der Waals surface area contributed by atoms with Crippen molar-refractivity contribution in [2.24, 2.45) is 0 Å². The average molecular weight is 364 g/mol. The largest absolute Gasteiger partial charge is 0.384 e. The van der Waals surface area contributed by atoms with E-state index in [-0.39, 0.29) is 17.8 Å². The molecule has 0 aliphatic carbocycles. The first kappa shape index (κ1) is 17.4. The van der Waals surface area contributed by atoms with E-state index >= 15 is 0 Å². The molecule has 6 heteroatoms. The fourth-order valence-corrected chi connectivity index (χ4v) is 3.64. The summed E-state index contributed by atoms with van der Waals surface area (Å²) in [5.41, 5.74) is 8.27. The summed E-state index contributed by atoms with van der Waals surface area (Å²) in [6.07, 6.45) is 2.51. The van der Waals surface area contributed by atoms with Crippen LogP contribution < -0.4 is 16.4 Å². The Bertz CT molecular complexity index is 1010. The van der Waals surface area contributed by atoms with Crippen molar-refractivity contribution in [1.29, 1.82) is 0 Å². The molecule has 2 heterocycles. The molecule has 1 amide bonds. The van der Waals surface area contributed by atoms with Gasteiger partial charge >= 0.3 is 0 Å². The van der Waals surface area contributed by atoms with Crippen LogP contribution in [0.3, 0.4) is 0 Å². The highest BCUT2D eigenvalue weighted by atomic mass is 19.1. The van der Waals surface area contributed by atoms with Gasteiger partial charge in [0.05, 0.1) is 0 Å². The Balaban J connectivity index is 1.87. The second-order valence-electron chi connectivity index (χ2n) is 6.95. The van der Waals surface area contributed by atoms with Gasteiger partial charge < -0.3 is 16.4 Å². The van der Waals surface area contributed by atoms with Gasteiger partial charge in [-0.05, 0) is 60.7 Å². The summed E-state index contributed by atoms with van der Waals surface area (Å²) in [7, 11) is 0. The zero-order chi connectivity index (χ0) is 19.0. The monoisotopic (exact) mass is 364 g/mol. The van der Waals surface area contributed by atoms with Gasteiger partial charge in [-0.25, -0.2) is 9.37 Å². The zero-order valence-electron chi connectivity index (χ0n) is 15.1. The van der Waals surface area contributed by atoms with Crippen molar-refractivity contribution in [3.8, 4) is 11.1 Å². The average Bonchev–Trinajstić information content (AvgIpc) is 3.14. The fourth-order valence-electron chi connectivity index (χ4n) is 3.64. The standard InChI is InChI=1S/C21H21FN4O/c1-12-3-2-4-18(22)20(12)13-7-14-10-25-19(23)9-16(14)17(8-13)21(27)26-15-5-6-24-11-15/h2-4,7-10,15,24H,5-6,11H2,1H3,(H2,23,25)(H,26,27)/t15-/m1/s1. The molecule has 1 aromatic heterocycles. The predicted octanol–water partition coefficient (Wildman–Crippen LogP) is 3.02. The normalized spacial score (nSPS) is 16.6. The maximum absolute atomic E-state index is 14.5. The number of carbonyl (C=O) groups excluding carboxylic acids is 1. The lowest BCUT2D eigenvalue weighted by Crippen LogP contribution is -2.36. The second-order valence-corrected chi connectivity index (χ2v) is 6.95. The number of benzene rings is 2. The molecule has 4 rings (SSSR count). The maximum Gasteiger partial charge on any atom is 0.252 e. The highest BCUT2D eigenvalue weighted by molar-refractivity contribution is 6.09. The van der Waals surface area contributed by atoms with E-state index in [1.807, 2.05) is 19.1 Å². The number of amides is 1. The first-order valence-electron chi connectivity index (χ1n) is 8.99. The number of rotatable bonds is 3. The summed E-state index contributed by atoms with van der Waals surface area (Å²) in [6.45, 7) is 3.49. The van der Waals surface area contributed by atoms with Gasteiger partial charge in [0.1, 0.15) is 11.6 Å². The van der Waals surface area contributed by atoms with Crippen LogP contribution in [0.25, 0.3) is 21.9 Å². The number of halogens is 1. The molecular formula is C21H21FN4O. The molecule has 27 heavy (non-hydrogen) atoms. The van der Waals surface area contributed by atoms with Gasteiger partial charge in [0, 0.05) is 35.3 Å². The molecule has 1 aliphatic heterocycles. The number of pyridine rings is 1. The molecule has 0 bridgehead atoms. The van der Waals surface area contributed by atoms with Gasteiger partial charge in [-0.3, -0.25) is 4.79 Å².